The van der Waals surface area contributed by atoms with Gasteiger partial charge < -0.3 is 30.6 Å². The molecule has 1 unspecified atom stereocenters. The van der Waals surface area contributed by atoms with Crippen LogP contribution in [0, 0.1) is 17.7 Å². The number of fused-ring (bicyclic) bond motifs is 1. The molecule has 4 rings (SSSR count). The average molecular weight is 525 g/mol. The summed E-state index contributed by atoms with van der Waals surface area (Å²) in [5.74, 6) is 3.26. The average Bonchev–Trinajstić information content (AvgIpc) is 3.31. The van der Waals surface area contributed by atoms with Crippen molar-refractivity contribution in [2.45, 2.75) is 44.3 Å². The smallest absolute Gasteiger partial charge is 0.414 e. The molecule has 2 aromatic carbocycles. The number of H-pyrrole nitrogens is 1. The number of rotatable bonds is 7. The summed E-state index contributed by atoms with van der Waals surface area (Å²) in [6.07, 6.45) is 4.58. The number of halogens is 1. The zero-order valence-corrected chi connectivity index (χ0v) is 21.3. The number of likely N-dealkylation sites (tertiary alicyclic amines) is 1. The molecule has 1 aromatic heterocycles. The Hall–Kier alpha value is -3.78. The molecule has 0 bridgehead atoms. The molecule has 1 saturated heterocycles. The van der Waals surface area contributed by atoms with Gasteiger partial charge in [0, 0.05) is 25.1 Å². The van der Waals surface area contributed by atoms with E-state index in [4.69, 9.17) is 35.3 Å². The molecule has 0 radical (unpaired) electrons. The van der Waals surface area contributed by atoms with Crippen molar-refractivity contribution in [2.75, 3.05) is 26.7 Å². The molecule has 2 heterocycles. The van der Waals surface area contributed by atoms with Gasteiger partial charge in [-0.15, -0.1) is 0 Å². The molecular formula is C28H33FN4O5. The summed E-state index contributed by atoms with van der Waals surface area (Å²) in [6, 6.07) is 12.7. The van der Waals surface area contributed by atoms with E-state index >= 15 is 0 Å². The van der Waals surface area contributed by atoms with E-state index in [1.54, 1.807) is 6.07 Å². The van der Waals surface area contributed by atoms with Gasteiger partial charge in [-0.05, 0) is 75.2 Å². The highest BCUT2D eigenvalue weighted by atomic mass is 19.1. The van der Waals surface area contributed by atoms with Crippen LogP contribution in [0.4, 0.5) is 4.39 Å². The molecule has 3 aromatic rings. The number of carbonyl (C=O) groups is 2. The van der Waals surface area contributed by atoms with E-state index in [-0.39, 0.29) is 18.0 Å². The highest BCUT2D eigenvalue weighted by Crippen LogP contribution is 2.30. The first-order valence-corrected chi connectivity index (χ1v) is 12.5. The van der Waals surface area contributed by atoms with Gasteiger partial charge in [-0.1, -0.05) is 24.0 Å². The summed E-state index contributed by atoms with van der Waals surface area (Å²) in [7, 11) is 2.14. The van der Waals surface area contributed by atoms with Gasteiger partial charge in [0.25, 0.3) is 0 Å². The molecule has 1 fully saturated rings. The third-order valence-corrected chi connectivity index (χ3v) is 6.07. The predicted octanol–water partition coefficient (Wildman–Crippen LogP) is 3.54. The van der Waals surface area contributed by atoms with Gasteiger partial charge in [-0.2, -0.15) is 0 Å². The SMILES string of the molecule is CN1CCC(OC(c2cccc(C#CCCCCN)c2)c2nc3ccc(F)cc3[nH]2)CC1.O=C(O)C(=O)O. The number of carboxylic acids is 2. The van der Waals surface area contributed by atoms with Crippen molar-refractivity contribution < 1.29 is 28.9 Å². The summed E-state index contributed by atoms with van der Waals surface area (Å²) in [4.78, 5) is 28.5. The van der Waals surface area contributed by atoms with Crippen LogP contribution in [0.25, 0.3) is 11.0 Å². The fourth-order valence-electron chi connectivity index (χ4n) is 4.04. The van der Waals surface area contributed by atoms with Crippen molar-refractivity contribution in [3.8, 4) is 11.8 Å². The molecule has 0 spiro atoms. The minimum Gasteiger partial charge on any atom is -0.473 e. The lowest BCUT2D eigenvalue weighted by Crippen LogP contribution is -2.35. The van der Waals surface area contributed by atoms with Crippen molar-refractivity contribution in [1.29, 1.82) is 0 Å². The number of hydrogen-bond donors (Lipinski definition) is 4. The van der Waals surface area contributed by atoms with Gasteiger partial charge in [-0.25, -0.2) is 19.0 Å². The van der Waals surface area contributed by atoms with Crippen LogP contribution in [0.1, 0.15) is 55.2 Å². The molecule has 1 atom stereocenters. The normalized spacial score (nSPS) is 14.7. The maximum absolute atomic E-state index is 13.7. The number of unbranched alkanes of at least 4 members (excludes halogenated alkanes) is 2. The highest BCUT2D eigenvalue weighted by molar-refractivity contribution is 6.27. The Kier molecular flexibility index (Phi) is 10.8. The minimum atomic E-state index is -1.82. The number of hydrogen-bond acceptors (Lipinski definition) is 6. The second-order valence-corrected chi connectivity index (χ2v) is 9.09. The van der Waals surface area contributed by atoms with Gasteiger partial charge in [0.1, 0.15) is 17.7 Å². The summed E-state index contributed by atoms with van der Waals surface area (Å²) in [5.41, 5.74) is 8.91. The van der Waals surface area contributed by atoms with E-state index in [1.807, 2.05) is 18.2 Å². The molecule has 0 saturated carbocycles. The number of nitrogens with two attached hydrogens (primary N) is 1. The van der Waals surface area contributed by atoms with Crippen LogP contribution in [-0.4, -0.2) is 69.8 Å². The molecule has 0 aliphatic carbocycles. The van der Waals surface area contributed by atoms with E-state index < -0.39 is 11.9 Å². The highest BCUT2D eigenvalue weighted by Gasteiger charge is 2.26. The predicted molar refractivity (Wildman–Crippen MR) is 141 cm³/mol. The molecule has 1 aliphatic rings. The lowest BCUT2D eigenvalue weighted by Gasteiger charge is -2.31. The van der Waals surface area contributed by atoms with Crippen LogP contribution in [0.5, 0.6) is 0 Å². The number of nitrogens with zero attached hydrogens (tertiary/aromatic N) is 2. The summed E-state index contributed by atoms with van der Waals surface area (Å²) >= 11 is 0. The van der Waals surface area contributed by atoms with E-state index in [9.17, 15) is 4.39 Å². The van der Waals surface area contributed by atoms with Crippen LogP contribution in [0.3, 0.4) is 0 Å². The van der Waals surface area contributed by atoms with Crippen LogP contribution in [-0.2, 0) is 14.3 Å². The Bertz CT molecular complexity index is 1280. The third kappa shape index (κ3) is 8.66. The first kappa shape index (κ1) is 28.8. The van der Waals surface area contributed by atoms with Gasteiger partial charge in [0.15, 0.2) is 0 Å². The molecule has 38 heavy (non-hydrogen) atoms. The van der Waals surface area contributed by atoms with E-state index in [0.717, 1.165) is 61.8 Å². The number of aliphatic carboxylic acids is 2. The van der Waals surface area contributed by atoms with Crippen molar-refractivity contribution in [3.05, 3.63) is 65.2 Å². The molecular weight excluding hydrogens is 491 g/mol. The quantitative estimate of drug-likeness (QED) is 0.209. The minimum absolute atomic E-state index is 0.146. The topological polar surface area (TPSA) is 142 Å². The molecule has 5 N–H and O–H groups in total. The zero-order valence-electron chi connectivity index (χ0n) is 21.3. The van der Waals surface area contributed by atoms with E-state index in [1.165, 1.54) is 12.1 Å². The number of imidazole rings is 1. The summed E-state index contributed by atoms with van der Waals surface area (Å²) in [5, 5.41) is 14.8. The second-order valence-electron chi connectivity index (χ2n) is 9.09. The Labute approximate surface area is 220 Å². The van der Waals surface area contributed by atoms with Crippen molar-refractivity contribution >= 4 is 23.0 Å². The fourth-order valence-corrected chi connectivity index (χ4v) is 4.04. The Morgan fingerprint density at radius 2 is 1.92 bits per heavy atom. The second kappa shape index (κ2) is 14.2. The van der Waals surface area contributed by atoms with Gasteiger partial charge >= 0.3 is 11.9 Å². The van der Waals surface area contributed by atoms with Crippen molar-refractivity contribution in [2.24, 2.45) is 5.73 Å². The number of nitrogens with one attached hydrogen (secondary N) is 1. The first-order chi connectivity index (χ1) is 18.3. The maximum atomic E-state index is 13.7. The lowest BCUT2D eigenvalue weighted by molar-refractivity contribution is -0.159. The Balaban J connectivity index is 0.000000599. The van der Waals surface area contributed by atoms with E-state index in [0.29, 0.717) is 17.9 Å². The van der Waals surface area contributed by atoms with Crippen molar-refractivity contribution in [3.63, 3.8) is 0 Å². The number of benzene rings is 2. The van der Waals surface area contributed by atoms with Gasteiger partial charge in [0.05, 0.1) is 17.1 Å². The van der Waals surface area contributed by atoms with E-state index in [2.05, 4.69) is 34.8 Å². The first-order valence-electron chi connectivity index (χ1n) is 12.5. The molecule has 202 valence electrons. The molecule has 0 amide bonds. The maximum Gasteiger partial charge on any atom is 0.414 e. The number of piperidine rings is 1. The lowest BCUT2D eigenvalue weighted by atomic mass is 10.0. The summed E-state index contributed by atoms with van der Waals surface area (Å²) in [6.45, 7) is 2.72. The number of aromatic amines is 1. The largest absolute Gasteiger partial charge is 0.473 e. The van der Waals surface area contributed by atoms with Crippen LogP contribution < -0.4 is 5.73 Å². The number of ether oxygens (including phenoxy) is 1. The monoisotopic (exact) mass is 524 g/mol. The zero-order chi connectivity index (χ0) is 27.5. The standard InChI is InChI=1S/C26H31FN4O.C2H2O4/c1-31-15-12-22(13-16-31)32-25(26-29-23-11-10-21(27)18-24(23)30-26)20-9-6-8-19(17-20)7-4-2-3-5-14-28;3-1(4)2(5)6/h6,8-11,17-18,22,25H,2-3,5,12-16,28H2,1H3,(H,29,30);(H,3,4)(H,5,6). The molecule has 10 heteroatoms. The fraction of sp³-hybridized carbons (Fsp3) is 0.393. The Morgan fingerprint density at radius 1 is 1.18 bits per heavy atom. The Morgan fingerprint density at radius 3 is 2.61 bits per heavy atom. The van der Waals surface area contributed by atoms with Crippen LogP contribution >= 0.6 is 0 Å². The summed E-state index contributed by atoms with van der Waals surface area (Å²) < 4.78 is 20.3. The number of carboxylic acid groups (broad SMARTS) is 2. The third-order valence-electron chi connectivity index (χ3n) is 6.07. The van der Waals surface area contributed by atoms with Gasteiger partial charge in [-0.3, -0.25) is 0 Å². The number of aromatic nitrogens is 2. The van der Waals surface area contributed by atoms with Gasteiger partial charge in [0.2, 0.25) is 0 Å². The van der Waals surface area contributed by atoms with Crippen molar-refractivity contribution in [1.82, 2.24) is 14.9 Å². The van der Waals surface area contributed by atoms with Crippen LogP contribution in [0.2, 0.25) is 0 Å². The van der Waals surface area contributed by atoms with Crippen LogP contribution in [0.15, 0.2) is 42.5 Å². The molecule has 1 aliphatic heterocycles. The molecule has 9 nitrogen and oxygen atoms in total.